The minimum atomic E-state index is -0.834. The molecule has 1 fully saturated rings. The molecule has 174 valence electrons. The Morgan fingerprint density at radius 2 is 1.59 bits per heavy atom. The van der Waals surface area contributed by atoms with Crippen LogP contribution in [0.5, 0.6) is 11.5 Å². The van der Waals surface area contributed by atoms with Gasteiger partial charge in [-0.25, -0.2) is 0 Å². The van der Waals surface area contributed by atoms with E-state index >= 15 is 0 Å². The zero-order chi connectivity index (χ0) is 24.4. The normalized spacial score (nSPS) is 17.2. The lowest BCUT2D eigenvalue weighted by Gasteiger charge is -2.26. The fourth-order valence-electron chi connectivity index (χ4n) is 4.09. The van der Waals surface area contributed by atoms with Crippen LogP contribution >= 0.6 is 11.6 Å². The maximum absolute atomic E-state index is 13.3. The summed E-state index contributed by atoms with van der Waals surface area (Å²) in [5, 5.41) is 11.7. The third-order valence-corrected chi connectivity index (χ3v) is 6.16. The van der Waals surface area contributed by atoms with Crippen LogP contribution in [-0.4, -0.2) is 31.0 Å². The van der Waals surface area contributed by atoms with E-state index in [4.69, 9.17) is 21.1 Å². The number of aliphatic hydroxyl groups excluding tert-OH is 1. The number of aliphatic hydroxyl groups is 1. The average Bonchev–Trinajstić information content (AvgIpc) is 3.13. The first-order valence-corrected chi connectivity index (χ1v) is 11.1. The second-order valence-corrected chi connectivity index (χ2v) is 8.25. The first-order chi connectivity index (χ1) is 16.4. The van der Waals surface area contributed by atoms with Crippen molar-refractivity contribution in [3.63, 3.8) is 0 Å². The topological polar surface area (TPSA) is 76.1 Å². The molecule has 1 saturated heterocycles. The predicted octanol–water partition coefficient (Wildman–Crippen LogP) is 5.55. The van der Waals surface area contributed by atoms with Gasteiger partial charge in [0.1, 0.15) is 5.76 Å². The van der Waals surface area contributed by atoms with Gasteiger partial charge in [0.15, 0.2) is 11.5 Å². The number of halogens is 1. The molecule has 0 bridgehead atoms. The van der Waals surface area contributed by atoms with Crippen molar-refractivity contribution in [2.24, 2.45) is 0 Å². The van der Waals surface area contributed by atoms with Gasteiger partial charge in [-0.05, 0) is 53.9 Å². The third kappa shape index (κ3) is 4.13. The smallest absolute Gasteiger partial charge is 0.300 e. The summed E-state index contributed by atoms with van der Waals surface area (Å²) in [6.07, 6.45) is 0.848. The van der Waals surface area contributed by atoms with E-state index in [0.717, 1.165) is 12.0 Å². The van der Waals surface area contributed by atoms with Crippen molar-refractivity contribution in [2.75, 3.05) is 19.1 Å². The summed E-state index contributed by atoms with van der Waals surface area (Å²) in [5.41, 5.74) is 2.65. The lowest BCUT2D eigenvalue weighted by atomic mass is 9.94. The van der Waals surface area contributed by atoms with Crippen LogP contribution in [0.1, 0.15) is 29.7 Å². The zero-order valence-corrected chi connectivity index (χ0v) is 19.8. The van der Waals surface area contributed by atoms with Crippen LogP contribution in [0.3, 0.4) is 0 Å². The number of ether oxygens (including phenoxy) is 2. The molecule has 0 spiro atoms. The van der Waals surface area contributed by atoms with Crippen molar-refractivity contribution < 1.29 is 24.2 Å². The molecule has 34 heavy (non-hydrogen) atoms. The first-order valence-electron chi connectivity index (χ1n) is 10.8. The third-order valence-electron chi connectivity index (χ3n) is 5.91. The summed E-state index contributed by atoms with van der Waals surface area (Å²) >= 11 is 5.99. The molecule has 0 saturated carbocycles. The molecule has 7 heteroatoms. The summed E-state index contributed by atoms with van der Waals surface area (Å²) < 4.78 is 10.7. The van der Waals surface area contributed by atoms with E-state index < -0.39 is 17.7 Å². The van der Waals surface area contributed by atoms with Crippen LogP contribution < -0.4 is 14.4 Å². The van der Waals surface area contributed by atoms with Crippen LogP contribution in [-0.2, 0) is 16.0 Å². The highest BCUT2D eigenvalue weighted by Gasteiger charge is 2.47. The SMILES string of the molecule is CCc1ccc(C2/C(=C(\O)c3ccc(Cl)cc3)C(=O)C(=O)N2c2ccc(OC)c(OC)c2)cc1. The number of benzene rings is 3. The van der Waals surface area contributed by atoms with Gasteiger partial charge >= 0.3 is 0 Å². The Morgan fingerprint density at radius 3 is 2.18 bits per heavy atom. The van der Waals surface area contributed by atoms with E-state index in [1.54, 1.807) is 42.5 Å². The monoisotopic (exact) mass is 477 g/mol. The van der Waals surface area contributed by atoms with E-state index in [1.807, 2.05) is 31.2 Å². The van der Waals surface area contributed by atoms with Gasteiger partial charge in [-0.3, -0.25) is 14.5 Å². The molecule has 1 heterocycles. The molecule has 1 atom stereocenters. The number of hydrogen-bond donors (Lipinski definition) is 1. The molecule has 0 aliphatic carbocycles. The molecule has 1 unspecified atom stereocenters. The Morgan fingerprint density at radius 1 is 0.941 bits per heavy atom. The Kier molecular flexibility index (Phi) is 6.61. The molecule has 1 aliphatic rings. The number of aryl methyl sites for hydroxylation is 1. The predicted molar refractivity (Wildman–Crippen MR) is 132 cm³/mol. The average molecular weight is 478 g/mol. The highest BCUT2D eigenvalue weighted by Crippen LogP contribution is 2.44. The van der Waals surface area contributed by atoms with Crippen molar-refractivity contribution in [3.05, 3.63) is 94.0 Å². The summed E-state index contributed by atoms with van der Waals surface area (Å²) in [6.45, 7) is 2.05. The molecule has 1 amide bonds. The summed E-state index contributed by atoms with van der Waals surface area (Å²) in [6, 6.07) is 18.3. The molecule has 1 N–H and O–H groups in total. The molecule has 0 aromatic heterocycles. The number of Topliss-reactive ketones (excluding diaryl/α,β-unsaturated/α-hetero) is 1. The quantitative estimate of drug-likeness (QED) is 0.286. The highest BCUT2D eigenvalue weighted by atomic mass is 35.5. The van der Waals surface area contributed by atoms with Crippen LogP contribution in [0.2, 0.25) is 5.02 Å². The van der Waals surface area contributed by atoms with Crippen LogP contribution in [0.25, 0.3) is 5.76 Å². The van der Waals surface area contributed by atoms with E-state index in [-0.39, 0.29) is 11.3 Å². The molecule has 4 rings (SSSR count). The van der Waals surface area contributed by atoms with Gasteiger partial charge in [0.05, 0.1) is 25.8 Å². The summed E-state index contributed by atoms with van der Waals surface area (Å²) in [7, 11) is 3.02. The lowest BCUT2D eigenvalue weighted by Crippen LogP contribution is -2.29. The fourth-order valence-corrected chi connectivity index (χ4v) is 4.21. The van der Waals surface area contributed by atoms with E-state index in [2.05, 4.69) is 0 Å². The molecule has 0 radical (unpaired) electrons. The largest absolute Gasteiger partial charge is 0.507 e. The zero-order valence-electron chi connectivity index (χ0n) is 19.0. The lowest BCUT2D eigenvalue weighted by molar-refractivity contribution is -0.132. The number of hydrogen-bond acceptors (Lipinski definition) is 5. The van der Waals surface area contributed by atoms with Gasteiger partial charge in [0.2, 0.25) is 0 Å². The molecule has 3 aromatic rings. The number of methoxy groups -OCH3 is 2. The number of ketones is 1. The number of nitrogens with zero attached hydrogens (tertiary/aromatic N) is 1. The van der Waals surface area contributed by atoms with E-state index in [0.29, 0.717) is 33.3 Å². The maximum Gasteiger partial charge on any atom is 0.300 e. The Labute approximate surface area is 203 Å². The minimum absolute atomic E-state index is 0.00589. The number of anilines is 1. The molecule has 1 aliphatic heterocycles. The second kappa shape index (κ2) is 9.61. The van der Waals surface area contributed by atoms with Gasteiger partial charge in [0, 0.05) is 22.3 Å². The van der Waals surface area contributed by atoms with Gasteiger partial charge in [-0.1, -0.05) is 42.8 Å². The number of amides is 1. The minimum Gasteiger partial charge on any atom is -0.507 e. The molecular formula is C27H24ClNO5. The van der Waals surface area contributed by atoms with Gasteiger partial charge < -0.3 is 14.6 Å². The van der Waals surface area contributed by atoms with Gasteiger partial charge in [-0.2, -0.15) is 0 Å². The van der Waals surface area contributed by atoms with E-state index in [1.165, 1.54) is 19.1 Å². The Balaban J connectivity index is 1.93. The number of carbonyl (C=O) groups is 2. The Hall–Kier alpha value is -3.77. The van der Waals surface area contributed by atoms with E-state index in [9.17, 15) is 14.7 Å². The number of rotatable bonds is 6. The summed E-state index contributed by atoms with van der Waals surface area (Å²) in [5.74, 6) is -0.866. The maximum atomic E-state index is 13.3. The van der Waals surface area contributed by atoms with Crippen molar-refractivity contribution in [3.8, 4) is 11.5 Å². The van der Waals surface area contributed by atoms with Crippen molar-refractivity contribution >= 4 is 34.7 Å². The van der Waals surface area contributed by atoms with Crippen molar-refractivity contribution in [1.29, 1.82) is 0 Å². The van der Waals surface area contributed by atoms with Gasteiger partial charge in [0.25, 0.3) is 11.7 Å². The Bertz CT molecular complexity index is 1270. The number of carbonyl (C=O) groups excluding carboxylic acids is 2. The van der Waals surface area contributed by atoms with Gasteiger partial charge in [-0.15, -0.1) is 0 Å². The highest BCUT2D eigenvalue weighted by molar-refractivity contribution is 6.51. The van der Waals surface area contributed by atoms with Crippen LogP contribution in [0.4, 0.5) is 5.69 Å². The van der Waals surface area contributed by atoms with Crippen LogP contribution in [0.15, 0.2) is 72.3 Å². The molecule has 6 nitrogen and oxygen atoms in total. The van der Waals surface area contributed by atoms with Crippen molar-refractivity contribution in [2.45, 2.75) is 19.4 Å². The molecular weight excluding hydrogens is 454 g/mol. The van der Waals surface area contributed by atoms with Crippen LogP contribution in [0, 0.1) is 0 Å². The summed E-state index contributed by atoms with van der Waals surface area (Å²) in [4.78, 5) is 28.0. The fraction of sp³-hybridized carbons (Fsp3) is 0.185. The van der Waals surface area contributed by atoms with Crippen molar-refractivity contribution in [1.82, 2.24) is 0 Å². The first kappa shape index (κ1) is 23.4. The molecule has 3 aromatic carbocycles. The standard InChI is InChI=1S/C27H24ClNO5/c1-4-16-5-7-17(8-6-16)24-23(25(30)18-9-11-19(28)12-10-18)26(31)27(32)29(24)20-13-14-21(33-2)22(15-20)34-3/h5-15,24,30H,4H2,1-3H3/b25-23+. The second-order valence-electron chi connectivity index (χ2n) is 7.81.